The Labute approximate surface area is 88.4 Å². The number of hydrogen-bond donors (Lipinski definition) is 1. The molecule has 0 saturated carbocycles. The lowest BCUT2D eigenvalue weighted by Crippen LogP contribution is -2.40. The predicted molar refractivity (Wildman–Crippen MR) is 51.6 cm³/mol. The molecule has 0 aromatic rings. The summed E-state index contributed by atoms with van der Waals surface area (Å²) in [6.07, 6.45) is -4.96. The van der Waals surface area contributed by atoms with Crippen molar-refractivity contribution in [2.24, 2.45) is 5.92 Å². The van der Waals surface area contributed by atoms with Crippen LogP contribution in [0.3, 0.4) is 0 Å². The number of ether oxygens (including phenoxy) is 1. The molecule has 0 spiro atoms. The molecule has 1 atom stereocenters. The maximum absolute atomic E-state index is 11.9. The summed E-state index contributed by atoms with van der Waals surface area (Å²) < 4.78 is 40.5. The second kappa shape index (κ2) is 5.70. The number of hydrogen-bond acceptors (Lipinski definition) is 2. The molecule has 5 heteroatoms. The van der Waals surface area contributed by atoms with E-state index in [1.165, 1.54) is 7.11 Å². The second-order valence-electron chi connectivity index (χ2n) is 4.16. The summed E-state index contributed by atoms with van der Waals surface area (Å²) in [5, 5.41) is 9.99. The quantitative estimate of drug-likeness (QED) is 0.757. The Hall–Kier alpha value is -0.290. The van der Waals surface area contributed by atoms with Crippen LogP contribution in [-0.4, -0.2) is 30.6 Å². The van der Waals surface area contributed by atoms with Gasteiger partial charge in [0.2, 0.25) is 0 Å². The molecule has 15 heavy (non-hydrogen) atoms. The van der Waals surface area contributed by atoms with Gasteiger partial charge in [-0.1, -0.05) is 13.8 Å². The van der Waals surface area contributed by atoms with E-state index in [1.54, 1.807) is 13.8 Å². The van der Waals surface area contributed by atoms with Crippen molar-refractivity contribution in [3.8, 4) is 0 Å². The van der Waals surface area contributed by atoms with Crippen LogP contribution in [0.5, 0.6) is 0 Å². The van der Waals surface area contributed by atoms with Gasteiger partial charge in [-0.05, 0) is 18.8 Å². The first-order valence-corrected chi connectivity index (χ1v) is 4.99. The van der Waals surface area contributed by atoms with Crippen LogP contribution in [-0.2, 0) is 4.74 Å². The van der Waals surface area contributed by atoms with Crippen LogP contribution >= 0.6 is 0 Å². The molecule has 0 heterocycles. The Balaban J connectivity index is 4.08. The summed E-state index contributed by atoms with van der Waals surface area (Å²) in [6.45, 7) is 3.61. The van der Waals surface area contributed by atoms with Crippen LogP contribution in [0.2, 0.25) is 0 Å². The molecule has 0 fully saturated rings. The highest BCUT2D eigenvalue weighted by molar-refractivity contribution is 4.81. The molecule has 0 aliphatic rings. The van der Waals surface area contributed by atoms with Crippen LogP contribution in [0.1, 0.15) is 33.1 Å². The summed E-state index contributed by atoms with van der Waals surface area (Å²) in [5.41, 5.74) is -1.15. The molecule has 0 radical (unpaired) electrons. The summed E-state index contributed by atoms with van der Waals surface area (Å²) in [5.74, 6) is -0.120. The standard InChI is InChI=1S/C10H19F3O2/c1-8(2)9(14,7-15-3)5-4-6-10(11,12)13/h8,14H,4-7H2,1-3H3. The predicted octanol–water partition coefficient (Wildman–Crippen LogP) is 2.75. The minimum absolute atomic E-state index is 0.0679. The molecule has 0 saturated heterocycles. The maximum atomic E-state index is 11.9. The van der Waals surface area contributed by atoms with E-state index >= 15 is 0 Å². The van der Waals surface area contributed by atoms with Crippen LogP contribution in [0.4, 0.5) is 13.2 Å². The van der Waals surface area contributed by atoms with E-state index in [-0.39, 0.29) is 25.4 Å². The molecular formula is C10H19F3O2. The molecule has 0 rings (SSSR count). The fourth-order valence-corrected chi connectivity index (χ4v) is 1.37. The summed E-state index contributed by atoms with van der Waals surface area (Å²) in [6, 6.07) is 0. The lowest BCUT2D eigenvalue weighted by atomic mass is 9.86. The molecule has 2 nitrogen and oxygen atoms in total. The SMILES string of the molecule is COCC(O)(CCCC(F)(F)F)C(C)C. The van der Waals surface area contributed by atoms with Gasteiger partial charge in [-0.15, -0.1) is 0 Å². The van der Waals surface area contributed by atoms with Crippen molar-refractivity contribution in [1.29, 1.82) is 0 Å². The lowest BCUT2D eigenvalue weighted by Gasteiger charge is -2.31. The van der Waals surface area contributed by atoms with Crippen molar-refractivity contribution >= 4 is 0 Å². The Morgan fingerprint density at radius 3 is 2.07 bits per heavy atom. The van der Waals surface area contributed by atoms with Gasteiger partial charge in [0.05, 0.1) is 12.2 Å². The van der Waals surface area contributed by atoms with E-state index < -0.39 is 18.2 Å². The van der Waals surface area contributed by atoms with Gasteiger partial charge >= 0.3 is 6.18 Å². The molecule has 0 aromatic carbocycles. The molecular weight excluding hydrogens is 209 g/mol. The van der Waals surface area contributed by atoms with Gasteiger partial charge in [0.1, 0.15) is 0 Å². The number of aliphatic hydroxyl groups is 1. The number of rotatable bonds is 6. The van der Waals surface area contributed by atoms with Gasteiger partial charge in [-0.2, -0.15) is 13.2 Å². The number of halogens is 3. The van der Waals surface area contributed by atoms with E-state index in [4.69, 9.17) is 4.74 Å². The molecule has 0 amide bonds. The molecule has 0 aliphatic carbocycles. The topological polar surface area (TPSA) is 29.5 Å². The smallest absolute Gasteiger partial charge is 0.387 e. The van der Waals surface area contributed by atoms with Gasteiger partial charge < -0.3 is 9.84 Å². The summed E-state index contributed by atoms with van der Waals surface area (Å²) in [4.78, 5) is 0. The van der Waals surface area contributed by atoms with Gasteiger partial charge in [-0.25, -0.2) is 0 Å². The molecule has 0 bridgehead atoms. The van der Waals surface area contributed by atoms with Crippen LogP contribution in [0.15, 0.2) is 0 Å². The first-order valence-electron chi connectivity index (χ1n) is 4.99. The summed E-state index contributed by atoms with van der Waals surface area (Å²) in [7, 11) is 1.43. The highest BCUT2D eigenvalue weighted by Crippen LogP contribution is 2.28. The molecule has 1 N–H and O–H groups in total. The van der Waals surface area contributed by atoms with Crippen molar-refractivity contribution in [2.75, 3.05) is 13.7 Å². The average molecular weight is 228 g/mol. The minimum atomic E-state index is -4.15. The number of methoxy groups -OCH3 is 1. The third-order valence-corrected chi connectivity index (χ3v) is 2.54. The Bertz CT molecular complexity index is 180. The Kier molecular flexibility index (Phi) is 5.59. The van der Waals surface area contributed by atoms with E-state index in [1.807, 2.05) is 0 Å². The van der Waals surface area contributed by atoms with Crippen molar-refractivity contribution < 1.29 is 23.0 Å². The lowest BCUT2D eigenvalue weighted by molar-refractivity contribution is -0.141. The third-order valence-electron chi connectivity index (χ3n) is 2.54. The zero-order valence-corrected chi connectivity index (χ0v) is 9.40. The Morgan fingerprint density at radius 1 is 1.20 bits per heavy atom. The highest BCUT2D eigenvalue weighted by atomic mass is 19.4. The second-order valence-corrected chi connectivity index (χ2v) is 4.16. The largest absolute Gasteiger partial charge is 0.389 e. The fraction of sp³-hybridized carbons (Fsp3) is 1.00. The van der Waals surface area contributed by atoms with Crippen molar-refractivity contribution in [3.63, 3.8) is 0 Å². The number of alkyl halides is 3. The van der Waals surface area contributed by atoms with Crippen molar-refractivity contribution in [2.45, 2.75) is 44.9 Å². The van der Waals surface area contributed by atoms with Crippen LogP contribution in [0, 0.1) is 5.92 Å². The molecule has 0 aromatic heterocycles. The van der Waals surface area contributed by atoms with Crippen molar-refractivity contribution in [3.05, 3.63) is 0 Å². The first-order chi connectivity index (χ1) is 6.71. The Morgan fingerprint density at radius 2 is 1.73 bits per heavy atom. The van der Waals surface area contributed by atoms with Crippen LogP contribution in [0.25, 0.3) is 0 Å². The first kappa shape index (κ1) is 14.7. The van der Waals surface area contributed by atoms with E-state index in [0.717, 1.165) is 0 Å². The zero-order valence-electron chi connectivity index (χ0n) is 9.40. The van der Waals surface area contributed by atoms with Gasteiger partial charge in [0.15, 0.2) is 0 Å². The van der Waals surface area contributed by atoms with Crippen molar-refractivity contribution in [1.82, 2.24) is 0 Å². The normalized spacial score (nSPS) is 16.8. The summed E-state index contributed by atoms with van der Waals surface area (Å²) >= 11 is 0. The van der Waals surface area contributed by atoms with E-state index in [0.29, 0.717) is 0 Å². The monoisotopic (exact) mass is 228 g/mol. The minimum Gasteiger partial charge on any atom is -0.387 e. The third kappa shape index (κ3) is 5.99. The van der Waals surface area contributed by atoms with E-state index in [9.17, 15) is 18.3 Å². The van der Waals surface area contributed by atoms with Crippen LogP contribution < -0.4 is 0 Å². The molecule has 92 valence electrons. The van der Waals surface area contributed by atoms with Gasteiger partial charge in [0.25, 0.3) is 0 Å². The molecule has 1 unspecified atom stereocenters. The average Bonchev–Trinajstić information content (AvgIpc) is 2.01. The van der Waals surface area contributed by atoms with Gasteiger partial charge in [0, 0.05) is 13.5 Å². The fourth-order valence-electron chi connectivity index (χ4n) is 1.37. The highest BCUT2D eigenvalue weighted by Gasteiger charge is 2.33. The van der Waals surface area contributed by atoms with E-state index in [2.05, 4.69) is 0 Å². The zero-order chi connectivity index (χ0) is 12.1. The maximum Gasteiger partial charge on any atom is 0.389 e. The molecule has 0 aliphatic heterocycles. The van der Waals surface area contributed by atoms with Gasteiger partial charge in [-0.3, -0.25) is 0 Å².